The molecule has 4 rings (SSSR count). The average molecular weight is 445 g/mol. The van der Waals surface area contributed by atoms with E-state index in [4.69, 9.17) is 0 Å². The van der Waals surface area contributed by atoms with Crippen molar-refractivity contribution in [3.05, 3.63) is 95.1 Å². The lowest BCUT2D eigenvalue weighted by molar-refractivity contribution is -0.115. The van der Waals surface area contributed by atoms with Crippen LogP contribution in [0.5, 0.6) is 0 Å². The summed E-state index contributed by atoms with van der Waals surface area (Å²) in [5.41, 5.74) is 5.74. The summed E-state index contributed by atoms with van der Waals surface area (Å²) in [5.74, 6) is 0.461. The number of nitrogens with one attached hydrogen (secondary N) is 1. The van der Waals surface area contributed by atoms with Crippen molar-refractivity contribution in [3.8, 4) is 0 Å². The van der Waals surface area contributed by atoms with Gasteiger partial charge in [-0.2, -0.15) is 0 Å². The summed E-state index contributed by atoms with van der Waals surface area (Å²) in [5, 5.41) is 2.91. The Balaban J connectivity index is 1.44. The summed E-state index contributed by atoms with van der Waals surface area (Å²) in [6, 6.07) is 23.6. The number of nitrogens with zero attached hydrogens (tertiary/aromatic N) is 1. The smallest absolute Gasteiger partial charge is 0.255 e. The molecule has 3 aromatic rings. The average Bonchev–Trinajstić information content (AvgIpc) is 3.20. The number of aryl methyl sites for hydroxylation is 2. The number of rotatable bonds is 7. The molecule has 0 spiro atoms. The Hall–Kier alpha value is -3.05. The van der Waals surface area contributed by atoms with Gasteiger partial charge in [-0.1, -0.05) is 49.7 Å². The predicted molar refractivity (Wildman–Crippen MR) is 133 cm³/mol. The van der Waals surface area contributed by atoms with E-state index in [9.17, 15) is 9.59 Å². The van der Waals surface area contributed by atoms with Crippen LogP contribution in [0.1, 0.15) is 52.2 Å². The summed E-state index contributed by atoms with van der Waals surface area (Å²) in [6.07, 6.45) is 3.36. The molecule has 0 radical (unpaired) electrons. The van der Waals surface area contributed by atoms with Gasteiger partial charge in [-0.3, -0.25) is 14.5 Å². The third-order valence-electron chi connectivity index (χ3n) is 5.64. The van der Waals surface area contributed by atoms with Gasteiger partial charge in [0.15, 0.2) is 0 Å². The molecule has 1 unspecified atom stereocenters. The third-order valence-corrected chi connectivity index (χ3v) is 6.85. The van der Waals surface area contributed by atoms with Crippen molar-refractivity contribution in [1.82, 2.24) is 0 Å². The van der Waals surface area contributed by atoms with Gasteiger partial charge in [0.1, 0.15) is 5.37 Å². The molecule has 0 aromatic heterocycles. The zero-order chi connectivity index (χ0) is 22.5. The minimum Gasteiger partial charge on any atom is -0.322 e. The van der Waals surface area contributed by atoms with Crippen LogP contribution in [-0.4, -0.2) is 17.6 Å². The van der Waals surface area contributed by atoms with Gasteiger partial charge in [0.05, 0.1) is 5.75 Å². The number of anilines is 2. The minimum atomic E-state index is -0.119. The second-order valence-electron chi connectivity index (χ2n) is 8.14. The Morgan fingerprint density at radius 3 is 2.50 bits per heavy atom. The van der Waals surface area contributed by atoms with Crippen LogP contribution in [-0.2, 0) is 11.2 Å². The molecule has 5 heteroatoms. The first-order chi connectivity index (χ1) is 15.5. The van der Waals surface area contributed by atoms with E-state index >= 15 is 0 Å². The Morgan fingerprint density at radius 2 is 1.81 bits per heavy atom. The maximum absolute atomic E-state index is 12.6. The van der Waals surface area contributed by atoms with Crippen LogP contribution in [0.3, 0.4) is 0 Å². The Labute approximate surface area is 194 Å². The van der Waals surface area contributed by atoms with Crippen LogP contribution < -0.4 is 10.2 Å². The number of carbonyl (C=O) groups excluding carboxylic acids is 2. The van der Waals surface area contributed by atoms with Crippen molar-refractivity contribution < 1.29 is 9.59 Å². The molecule has 1 aliphatic rings. The SMILES string of the molecule is CCCCc1ccc(C(=O)Nc2ccc(C3SCC(=O)N3c3cccc(C)c3)cc2)cc1. The highest BCUT2D eigenvalue weighted by atomic mass is 32.2. The molecule has 1 heterocycles. The van der Waals surface area contributed by atoms with E-state index in [-0.39, 0.29) is 17.2 Å². The molecule has 2 amide bonds. The van der Waals surface area contributed by atoms with E-state index in [2.05, 4.69) is 12.2 Å². The van der Waals surface area contributed by atoms with E-state index in [0.29, 0.717) is 11.3 Å². The summed E-state index contributed by atoms with van der Waals surface area (Å²) >= 11 is 1.62. The van der Waals surface area contributed by atoms with Crippen LogP contribution >= 0.6 is 11.8 Å². The molecule has 4 nitrogen and oxygen atoms in total. The van der Waals surface area contributed by atoms with Crippen molar-refractivity contribution in [2.75, 3.05) is 16.0 Å². The van der Waals surface area contributed by atoms with Crippen molar-refractivity contribution in [2.24, 2.45) is 0 Å². The Morgan fingerprint density at radius 1 is 1.06 bits per heavy atom. The van der Waals surface area contributed by atoms with Crippen LogP contribution in [0.25, 0.3) is 0 Å². The van der Waals surface area contributed by atoms with Crippen molar-refractivity contribution in [3.63, 3.8) is 0 Å². The zero-order valence-corrected chi connectivity index (χ0v) is 19.3. The number of hydrogen-bond acceptors (Lipinski definition) is 3. The third kappa shape index (κ3) is 5.05. The van der Waals surface area contributed by atoms with Crippen molar-refractivity contribution in [1.29, 1.82) is 0 Å². The minimum absolute atomic E-state index is 0.0651. The molecular formula is C27H28N2O2S. The van der Waals surface area contributed by atoms with Gasteiger partial charge in [-0.15, -0.1) is 11.8 Å². The lowest BCUT2D eigenvalue weighted by Crippen LogP contribution is -2.27. The summed E-state index contributed by atoms with van der Waals surface area (Å²) in [4.78, 5) is 27.1. The Kier molecular flexibility index (Phi) is 6.96. The summed E-state index contributed by atoms with van der Waals surface area (Å²) in [6.45, 7) is 4.21. The summed E-state index contributed by atoms with van der Waals surface area (Å²) < 4.78 is 0. The molecule has 0 saturated carbocycles. The quantitative estimate of drug-likeness (QED) is 0.461. The molecule has 1 aliphatic heterocycles. The number of unbranched alkanes of at least 4 members (excludes halogenated alkanes) is 1. The van der Waals surface area contributed by atoms with E-state index in [1.54, 1.807) is 11.8 Å². The van der Waals surface area contributed by atoms with Gasteiger partial charge in [-0.05, 0) is 72.9 Å². The van der Waals surface area contributed by atoms with Gasteiger partial charge >= 0.3 is 0 Å². The van der Waals surface area contributed by atoms with Crippen molar-refractivity contribution in [2.45, 2.75) is 38.5 Å². The van der Waals surface area contributed by atoms with E-state index < -0.39 is 0 Å². The number of hydrogen-bond donors (Lipinski definition) is 1. The highest BCUT2D eigenvalue weighted by Gasteiger charge is 2.34. The highest BCUT2D eigenvalue weighted by molar-refractivity contribution is 8.00. The maximum Gasteiger partial charge on any atom is 0.255 e. The molecule has 0 aliphatic carbocycles. The van der Waals surface area contributed by atoms with Gasteiger partial charge < -0.3 is 5.32 Å². The van der Waals surface area contributed by atoms with Gasteiger partial charge in [0.25, 0.3) is 5.91 Å². The number of thioether (sulfide) groups is 1. The van der Waals surface area contributed by atoms with Gasteiger partial charge in [-0.25, -0.2) is 0 Å². The molecule has 1 fully saturated rings. The van der Waals surface area contributed by atoms with Gasteiger partial charge in [0.2, 0.25) is 5.91 Å². The molecule has 3 aromatic carbocycles. The van der Waals surface area contributed by atoms with E-state index in [1.165, 1.54) is 5.56 Å². The normalized spacial score (nSPS) is 15.8. The monoisotopic (exact) mass is 444 g/mol. The fourth-order valence-corrected chi connectivity index (χ4v) is 5.04. The largest absolute Gasteiger partial charge is 0.322 e. The van der Waals surface area contributed by atoms with Crippen LogP contribution in [0, 0.1) is 6.92 Å². The first-order valence-electron chi connectivity index (χ1n) is 11.1. The summed E-state index contributed by atoms with van der Waals surface area (Å²) in [7, 11) is 0. The molecule has 1 atom stereocenters. The second-order valence-corrected chi connectivity index (χ2v) is 9.21. The maximum atomic E-state index is 12.6. The molecule has 1 N–H and O–H groups in total. The Bertz CT molecular complexity index is 1090. The van der Waals surface area contributed by atoms with E-state index in [1.807, 2.05) is 84.6 Å². The lowest BCUT2D eigenvalue weighted by atomic mass is 10.1. The predicted octanol–water partition coefficient (Wildman–Crippen LogP) is 6.37. The molecule has 164 valence electrons. The zero-order valence-electron chi connectivity index (χ0n) is 18.5. The fourth-order valence-electron chi connectivity index (χ4n) is 3.87. The lowest BCUT2D eigenvalue weighted by Gasteiger charge is -2.25. The number of benzene rings is 3. The molecule has 0 bridgehead atoms. The van der Waals surface area contributed by atoms with Gasteiger partial charge in [0, 0.05) is 16.9 Å². The first kappa shape index (κ1) is 22.2. The van der Waals surface area contributed by atoms with Crippen molar-refractivity contribution >= 4 is 35.0 Å². The van der Waals surface area contributed by atoms with E-state index in [0.717, 1.165) is 41.8 Å². The molecule has 32 heavy (non-hydrogen) atoms. The van der Waals surface area contributed by atoms with Crippen LogP contribution in [0.2, 0.25) is 0 Å². The standard InChI is InChI=1S/C27H28N2O2S/c1-3-4-7-20-9-11-21(12-10-20)26(31)28-23-15-13-22(14-16-23)27-29(25(30)18-32-27)24-8-5-6-19(2)17-24/h5-6,8-17,27H,3-4,7,18H2,1-2H3,(H,28,31). The van der Waals surface area contributed by atoms with Crippen LogP contribution in [0.15, 0.2) is 72.8 Å². The fraction of sp³-hybridized carbons (Fsp3) is 0.259. The first-order valence-corrected chi connectivity index (χ1v) is 12.1. The topological polar surface area (TPSA) is 49.4 Å². The molecular weight excluding hydrogens is 416 g/mol. The number of carbonyl (C=O) groups is 2. The second kappa shape index (κ2) is 10.0. The molecule has 1 saturated heterocycles. The highest BCUT2D eigenvalue weighted by Crippen LogP contribution is 2.42. The van der Waals surface area contributed by atoms with Crippen LogP contribution in [0.4, 0.5) is 11.4 Å². The number of amides is 2.